The monoisotopic (exact) mass is 1020 g/mol. The van der Waals surface area contributed by atoms with Crippen molar-refractivity contribution in [3.8, 4) is 61.7 Å². The number of nitrogens with zero attached hydrogens (tertiary/aromatic N) is 3. The lowest BCUT2D eigenvalue weighted by Crippen LogP contribution is -2.61. The smallest absolute Gasteiger partial charge is 0.252 e. The second-order valence-electron chi connectivity index (χ2n) is 23.7. The van der Waals surface area contributed by atoms with E-state index in [-0.39, 0.29) is 17.5 Å². The molecule has 0 spiro atoms. The molecule has 0 bridgehead atoms. The molecule has 4 nitrogen and oxygen atoms in total. The van der Waals surface area contributed by atoms with Gasteiger partial charge in [-0.2, -0.15) is 0 Å². The number of benzene rings is 11. The van der Waals surface area contributed by atoms with Gasteiger partial charge in [-0.25, -0.2) is 0 Å². The summed E-state index contributed by atoms with van der Waals surface area (Å²) in [6.45, 7) is 13.8. The van der Waals surface area contributed by atoms with Gasteiger partial charge in [-0.1, -0.05) is 211 Å². The minimum Gasteiger partial charge on any atom is -0.456 e. The van der Waals surface area contributed by atoms with Gasteiger partial charge in [-0.3, -0.25) is 0 Å². The van der Waals surface area contributed by atoms with Crippen molar-refractivity contribution in [3.05, 3.63) is 254 Å². The van der Waals surface area contributed by atoms with Crippen molar-refractivity contribution in [3.63, 3.8) is 0 Å². The van der Waals surface area contributed by atoms with Crippen LogP contribution in [0.3, 0.4) is 0 Å². The van der Waals surface area contributed by atoms with Gasteiger partial charge >= 0.3 is 0 Å². The average molecular weight is 1020 g/mol. The highest BCUT2D eigenvalue weighted by molar-refractivity contribution is 7.00. The first-order chi connectivity index (χ1) is 38.5. The normalized spacial score (nSPS) is 13.2. The molecule has 0 saturated carbocycles. The molecule has 15 rings (SSSR count). The van der Waals surface area contributed by atoms with Crippen molar-refractivity contribution in [2.45, 2.75) is 52.4 Å². The highest BCUT2D eigenvalue weighted by Crippen LogP contribution is 2.55. The molecule has 0 amide bonds. The fourth-order valence-corrected chi connectivity index (χ4v) is 12.9. The predicted octanol–water partition coefficient (Wildman–Crippen LogP) is 18.2. The average Bonchev–Trinajstić information content (AvgIpc) is 3.52. The van der Waals surface area contributed by atoms with Crippen LogP contribution >= 0.6 is 0 Å². The van der Waals surface area contributed by atoms with Crippen molar-refractivity contribution < 1.29 is 4.74 Å². The number of anilines is 6. The van der Waals surface area contributed by atoms with E-state index in [1.165, 1.54) is 60.5 Å². The van der Waals surface area contributed by atoms with Crippen LogP contribution in [0.25, 0.3) is 72.0 Å². The Labute approximate surface area is 463 Å². The Morgan fingerprint density at radius 1 is 0.342 bits per heavy atom. The number of rotatable bonds is 4. The number of para-hydroxylation sites is 4. The van der Waals surface area contributed by atoms with Crippen LogP contribution in [-0.2, 0) is 10.8 Å². The molecule has 0 fully saturated rings. The summed E-state index contributed by atoms with van der Waals surface area (Å²) >= 11 is 0. The van der Waals surface area contributed by atoms with E-state index in [9.17, 15) is 0 Å². The van der Waals surface area contributed by atoms with Crippen LogP contribution in [0.2, 0.25) is 0 Å². The van der Waals surface area contributed by atoms with Gasteiger partial charge in [0.1, 0.15) is 11.5 Å². The molecule has 4 heterocycles. The lowest BCUT2D eigenvalue weighted by Gasteiger charge is -2.46. The quantitative estimate of drug-likeness (QED) is 0.164. The first-order valence-corrected chi connectivity index (χ1v) is 27.8. The zero-order chi connectivity index (χ0) is 53.3. The van der Waals surface area contributed by atoms with Crippen molar-refractivity contribution in [1.82, 2.24) is 4.57 Å². The molecule has 0 radical (unpaired) electrons. The highest BCUT2D eigenvalue weighted by atomic mass is 16.5. The third kappa shape index (κ3) is 7.43. The first kappa shape index (κ1) is 46.9. The van der Waals surface area contributed by atoms with Crippen LogP contribution in [0.5, 0.6) is 11.5 Å². The van der Waals surface area contributed by atoms with Gasteiger partial charge in [0, 0.05) is 61.5 Å². The topological polar surface area (TPSA) is 20.6 Å². The molecule has 0 atom stereocenters. The van der Waals surface area contributed by atoms with Gasteiger partial charge in [0.25, 0.3) is 6.71 Å². The minimum absolute atomic E-state index is 0.128. The van der Waals surface area contributed by atoms with Crippen LogP contribution in [0.4, 0.5) is 34.1 Å². The van der Waals surface area contributed by atoms with E-state index in [1.54, 1.807) is 0 Å². The second kappa shape index (κ2) is 17.6. The maximum Gasteiger partial charge on any atom is 0.252 e. The Kier molecular flexibility index (Phi) is 10.5. The molecule has 0 N–H and O–H groups in total. The number of hydrogen-bond donors (Lipinski definition) is 0. The van der Waals surface area contributed by atoms with E-state index in [1.807, 2.05) is 0 Å². The lowest BCUT2D eigenvalue weighted by atomic mass is 9.33. The molecule has 3 aliphatic heterocycles. The van der Waals surface area contributed by atoms with Crippen molar-refractivity contribution >= 4 is 79.0 Å². The summed E-state index contributed by atoms with van der Waals surface area (Å²) in [5, 5.41) is 2.45. The number of fused-ring (bicyclic) bond motifs is 13. The fourth-order valence-electron chi connectivity index (χ4n) is 12.9. The molecule has 5 heteroatoms. The second-order valence-corrected chi connectivity index (χ2v) is 23.7. The van der Waals surface area contributed by atoms with Crippen molar-refractivity contribution in [2.24, 2.45) is 0 Å². The lowest BCUT2D eigenvalue weighted by molar-refractivity contribution is 0.486. The maximum absolute atomic E-state index is 7.30. The number of aromatic nitrogens is 1. The molecule has 12 aromatic rings. The van der Waals surface area contributed by atoms with E-state index in [4.69, 9.17) is 4.74 Å². The van der Waals surface area contributed by atoms with Gasteiger partial charge in [0.15, 0.2) is 0 Å². The molecule has 0 aliphatic carbocycles. The zero-order valence-electron chi connectivity index (χ0n) is 45.4. The van der Waals surface area contributed by atoms with Gasteiger partial charge < -0.3 is 19.1 Å². The van der Waals surface area contributed by atoms with Crippen molar-refractivity contribution in [2.75, 3.05) is 9.80 Å². The van der Waals surface area contributed by atoms with Gasteiger partial charge in [0.2, 0.25) is 0 Å². The van der Waals surface area contributed by atoms with Crippen LogP contribution in [0, 0.1) is 0 Å². The van der Waals surface area contributed by atoms with Crippen LogP contribution < -0.4 is 30.9 Å². The molecular weight excluding hydrogens is 958 g/mol. The summed E-state index contributed by atoms with van der Waals surface area (Å²) in [6, 6.07) is 90.4. The number of hydrogen-bond acceptors (Lipinski definition) is 3. The summed E-state index contributed by atoms with van der Waals surface area (Å²) in [4.78, 5) is 5.22. The minimum atomic E-state index is -0.201. The molecular formula is C74H58BN3O. The Morgan fingerprint density at radius 3 is 1.48 bits per heavy atom. The number of ether oxygens (including phenoxy) is 1. The van der Waals surface area contributed by atoms with E-state index < -0.39 is 0 Å². The largest absolute Gasteiger partial charge is 0.456 e. The van der Waals surface area contributed by atoms with Gasteiger partial charge in [-0.05, 0) is 133 Å². The third-order valence-electron chi connectivity index (χ3n) is 16.9. The standard InChI is InChI=1S/C74H58BN3O/c1-73(2,3)51-36-40-65-59(42-51)57-27-15-19-31-69(57)79-70-32-20-16-28-58(70)60-43-52(74(4,5)6)44-62-72(60)78(65)68-46-54(77-63-29-17-13-25-55(63)56-26-14-18-30-64(56)77)45-67-71(68)75(62)61-41-50(48-23-11-8-12-24-48)35-39-66(61)76(67)53-37-33-49(34-38-53)47-21-9-7-10-22-47/h7-46H,1-6H3. The molecule has 378 valence electrons. The SMILES string of the molecule is CC(C)(C)c1ccc2c(c1)-c1ccccc1Oc1ccccc1-c1cc(C(C)(C)C)cc3c1N2c1cc(-n2c4ccccc4c4ccccc42)cc2c1B3c1cc(-c3ccccc3)ccc1N2c1ccc(-c2ccccc2)cc1. The van der Waals surface area contributed by atoms with Crippen LogP contribution in [-0.4, -0.2) is 11.3 Å². The fraction of sp³-hybridized carbons (Fsp3) is 0.108. The summed E-state index contributed by atoms with van der Waals surface area (Å²) < 4.78 is 9.81. The molecule has 1 aromatic heterocycles. The van der Waals surface area contributed by atoms with Crippen LogP contribution in [0.1, 0.15) is 52.7 Å². The van der Waals surface area contributed by atoms with Crippen molar-refractivity contribution in [1.29, 1.82) is 0 Å². The predicted molar refractivity (Wildman–Crippen MR) is 334 cm³/mol. The molecule has 3 aliphatic rings. The molecule has 79 heavy (non-hydrogen) atoms. The zero-order valence-corrected chi connectivity index (χ0v) is 45.4. The molecule has 11 aromatic carbocycles. The Morgan fingerprint density at radius 2 is 0.848 bits per heavy atom. The van der Waals surface area contributed by atoms with Crippen LogP contribution in [0.15, 0.2) is 243 Å². The first-order valence-electron chi connectivity index (χ1n) is 27.8. The Balaban J connectivity index is 1.14. The van der Waals surface area contributed by atoms with E-state index in [2.05, 4.69) is 299 Å². The summed E-state index contributed by atoms with van der Waals surface area (Å²) in [5.41, 5.74) is 25.3. The maximum atomic E-state index is 7.30. The summed E-state index contributed by atoms with van der Waals surface area (Å²) in [5.74, 6) is 1.64. The highest BCUT2D eigenvalue weighted by Gasteiger charge is 2.46. The Bertz CT molecular complexity index is 4370. The Hall–Kier alpha value is -9.32. The molecule has 0 unspecified atom stereocenters. The van der Waals surface area contributed by atoms with E-state index >= 15 is 0 Å². The van der Waals surface area contributed by atoms with Gasteiger partial charge in [-0.15, -0.1) is 0 Å². The summed E-state index contributed by atoms with van der Waals surface area (Å²) in [6.07, 6.45) is 0. The van der Waals surface area contributed by atoms with E-state index in [0.717, 1.165) is 84.6 Å². The molecule has 0 saturated heterocycles. The van der Waals surface area contributed by atoms with Gasteiger partial charge in [0.05, 0.1) is 22.4 Å². The third-order valence-corrected chi connectivity index (χ3v) is 16.9. The summed E-state index contributed by atoms with van der Waals surface area (Å²) in [7, 11) is 0. The van der Waals surface area contributed by atoms with E-state index in [0.29, 0.717) is 0 Å².